The summed E-state index contributed by atoms with van der Waals surface area (Å²) < 4.78 is 36.3. The van der Waals surface area contributed by atoms with Gasteiger partial charge in [-0.15, -0.1) is 0 Å². The molecule has 0 saturated heterocycles. The number of benzene rings is 1. The van der Waals surface area contributed by atoms with Crippen LogP contribution in [0.4, 0.5) is 13.2 Å². The third-order valence-electron chi connectivity index (χ3n) is 2.81. The highest BCUT2D eigenvalue weighted by molar-refractivity contribution is 5.37. The summed E-state index contributed by atoms with van der Waals surface area (Å²) in [7, 11) is 0. The number of halogens is 3. The highest BCUT2D eigenvalue weighted by Crippen LogP contribution is 2.37. The van der Waals surface area contributed by atoms with Crippen molar-refractivity contribution in [2.24, 2.45) is 5.73 Å². The molecule has 0 bridgehead atoms. The number of nitrogens with two attached hydrogens (primary N) is 1. The molecule has 0 amide bonds. The van der Waals surface area contributed by atoms with E-state index in [9.17, 15) is 13.2 Å². The van der Waals surface area contributed by atoms with Gasteiger partial charge < -0.3 is 11.1 Å². The highest BCUT2D eigenvalue weighted by Gasteiger charge is 2.32. The zero-order valence-electron chi connectivity index (χ0n) is 8.59. The van der Waals surface area contributed by atoms with Gasteiger partial charge in [-0.25, -0.2) is 0 Å². The summed E-state index contributed by atoms with van der Waals surface area (Å²) in [6.45, 7) is -0.973. The van der Waals surface area contributed by atoms with E-state index in [1.54, 1.807) is 0 Å². The maximum absolute atomic E-state index is 12.1. The van der Waals surface area contributed by atoms with Crippen LogP contribution < -0.4 is 11.1 Å². The monoisotopic (exact) mass is 230 g/mol. The molecule has 1 aliphatic carbocycles. The molecule has 2 rings (SSSR count). The molecule has 1 aromatic rings. The van der Waals surface area contributed by atoms with E-state index in [-0.39, 0.29) is 12.1 Å². The predicted molar refractivity (Wildman–Crippen MR) is 54.8 cm³/mol. The zero-order chi connectivity index (χ0) is 11.8. The lowest BCUT2D eigenvalue weighted by Gasteiger charge is -2.15. The first-order valence-electron chi connectivity index (χ1n) is 5.12. The molecule has 88 valence electrons. The second kappa shape index (κ2) is 4.07. The summed E-state index contributed by atoms with van der Waals surface area (Å²) in [5, 5.41) is 2.50. The fourth-order valence-corrected chi connectivity index (χ4v) is 2.11. The summed E-state index contributed by atoms with van der Waals surface area (Å²) >= 11 is 0. The third kappa shape index (κ3) is 2.36. The normalized spacial score (nSPS) is 24.5. The fourth-order valence-electron chi connectivity index (χ4n) is 2.11. The first kappa shape index (κ1) is 11.4. The van der Waals surface area contributed by atoms with Crippen LogP contribution in [-0.2, 0) is 0 Å². The highest BCUT2D eigenvalue weighted by atomic mass is 19.4. The standard InChI is InChI=1S/C11H13F3N2/c12-11(13,14)6-16-10-5-9(15)7-3-1-2-4-8(7)10/h1-4,9-10,16H,5-6,15H2. The van der Waals surface area contributed by atoms with E-state index in [4.69, 9.17) is 5.73 Å². The Labute approximate surface area is 91.6 Å². The Morgan fingerprint density at radius 2 is 1.88 bits per heavy atom. The fraction of sp³-hybridized carbons (Fsp3) is 0.455. The molecule has 5 heteroatoms. The van der Waals surface area contributed by atoms with Crippen molar-refractivity contribution < 1.29 is 13.2 Å². The van der Waals surface area contributed by atoms with Crippen LogP contribution in [0, 0.1) is 0 Å². The predicted octanol–water partition coefficient (Wildman–Crippen LogP) is 2.28. The molecule has 0 heterocycles. The molecule has 0 fully saturated rings. The number of alkyl halides is 3. The van der Waals surface area contributed by atoms with Gasteiger partial charge in [0.05, 0.1) is 6.54 Å². The quantitative estimate of drug-likeness (QED) is 0.818. The topological polar surface area (TPSA) is 38.0 Å². The minimum absolute atomic E-state index is 0.165. The van der Waals surface area contributed by atoms with Gasteiger partial charge >= 0.3 is 6.18 Å². The first-order chi connectivity index (χ1) is 7.47. The molecule has 2 unspecified atom stereocenters. The molecule has 0 radical (unpaired) electrons. The van der Waals surface area contributed by atoms with Crippen molar-refractivity contribution in [2.45, 2.75) is 24.7 Å². The van der Waals surface area contributed by atoms with Gasteiger partial charge in [0, 0.05) is 12.1 Å². The first-order valence-corrected chi connectivity index (χ1v) is 5.12. The van der Waals surface area contributed by atoms with Crippen LogP contribution in [0.25, 0.3) is 0 Å². The van der Waals surface area contributed by atoms with Crippen LogP contribution >= 0.6 is 0 Å². The molecule has 0 spiro atoms. The Bertz CT molecular complexity index is 376. The molecule has 2 atom stereocenters. The smallest absolute Gasteiger partial charge is 0.324 e. The second-order valence-corrected chi connectivity index (χ2v) is 4.02. The Morgan fingerprint density at radius 3 is 2.50 bits per heavy atom. The summed E-state index contributed by atoms with van der Waals surface area (Å²) in [5.74, 6) is 0. The summed E-state index contributed by atoms with van der Waals surface area (Å²) in [5.41, 5.74) is 7.69. The van der Waals surface area contributed by atoms with Crippen LogP contribution in [0.15, 0.2) is 24.3 Å². The van der Waals surface area contributed by atoms with Gasteiger partial charge in [0.15, 0.2) is 0 Å². The molecule has 0 aliphatic heterocycles. The molecular formula is C11H13F3N2. The minimum atomic E-state index is -4.18. The average molecular weight is 230 g/mol. The van der Waals surface area contributed by atoms with Crippen LogP contribution in [0.5, 0.6) is 0 Å². The van der Waals surface area contributed by atoms with Gasteiger partial charge in [0.25, 0.3) is 0 Å². The largest absolute Gasteiger partial charge is 0.401 e. The van der Waals surface area contributed by atoms with Crippen molar-refractivity contribution in [2.75, 3.05) is 6.54 Å². The van der Waals surface area contributed by atoms with Crippen molar-refractivity contribution in [1.29, 1.82) is 0 Å². The van der Waals surface area contributed by atoms with Gasteiger partial charge in [0.1, 0.15) is 0 Å². The Morgan fingerprint density at radius 1 is 1.25 bits per heavy atom. The molecule has 1 aromatic carbocycles. The van der Waals surface area contributed by atoms with Crippen molar-refractivity contribution in [1.82, 2.24) is 5.32 Å². The number of nitrogens with one attached hydrogen (secondary N) is 1. The van der Waals surface area contributed by atoms with Gasteiger partial charge in [-0.05, 0) is 17.5 Å². The number of hydrogen-bond donors (Lipinski definition) is 2. The van der Waals surface area contributed by atoms with Crippen LogP contribution in [-0.4, -0.2) is 12.7 Å². The van der Waals surface area contributed by atoms with Gasteiger partial charge in [-0.2, -0.15) is 13.2 Å². The molecule has 1 aliphatic rings. The number of rotatable bonds is 2. The Kier molecular flexibility index (Phi) is 2.90. The van der Waals surface area contributed by atoms with E-state index in [2.05, 4.69) is 5.32 Å². The van der Waals surface area contributed by atoms with Gasteiger partial charge in [-0.1, -0.05) is 24.3 Å². The average Bonchev–Trinajstić information content (AvgIpc) is 2.53. The summed E-state index contributed by atoms with van der Waals surface area (Å²) in [6.07, 6.45) is -3.66. The van der Waals surface area contributed by atoms with E-state index < -0.39 is 12.7 Å². The molecule has 0 saturated carbocycles. The van der Waals surface area contributed by atoms with Gasteiger partial charge in [0.2, 0.25) is 0 Å². The van der Waals surface area contributed by atoms with Gasteiger partial charge in [-0.3, -0.25) is 0 Å². The van der Waals surface area contributed by atoms with E-state index >= 15 is 0 Å². The molecule has 2 nitrogen and oxygen atoms in total. The summed E-state index contributed by atoms with van der Waals surface area (Å²) in [4.78, 5) is 0. The van der Waals surface area contributed by atoms with Crippen molar-refractivity contribution in [3.63, 3.8) is 0 Å². The van der Waals surface area contributed by atoms with Crippen molar-refractivity contribution >= 4 is 0 Å². The van der Waals surface area contributed by atoms with Crippen LogP contribution in [0.3, 0.4) is 0 Å². The molecule has 16 heavy (non-hydrogen) atoms. The molecule has 3 N–H and O–H groups in total. The number of fused-ring (bicyclic) bond motifs is 1. The van der Waals surface area contributed by atoms with E-state index in [1.807, 2.05) is 24.3 Å². The van der Waals surface area contributed by atoms with Crippen LogP contribution in [0.2, 0.25) is 0 Å². The number of hydrogen-bond acceptors (Lipinski definition) is 2. The van der Waals surface area contributed by atoms with Crippen molar-refractivity contribution in [3.8, 4) is 0 Å². The van der Waals surface area contributed by atoms with Crippen LogP contribution in [0.1, 0.15) is 29.6 Å². The third-order valence-corrected chi connectivity index (χ3v) is 2.81. The van der Waals surface area contributed by atoms with E-state index in [0.717, 1.165) is 11.1 Å². The van der Waals surface area contributed by atoms with E-state index in [1.165, 1.54) is 0 Å². The lowest BCUT2D eigenvalue weighted by molar-refractivity contribution is -0.126. The van der Waals surface area contributed by atoms with E-state index in [0.29, 0.717) is 6.42 Å². The molecule has 0 aromatic heterocycles. The zero-order valence-corrected chi connectivity index (χ0v) is 8.59. The Hall–Kier alpha value is -1.07. The Balaban J connectivity index is 2.09. The maximum atomic E-state index is 12.1. The lowest BCUT2D eigenvalue weighted by Crippen LogP contribution is -2.31. The SMILES string of the molecule is NC1CC(NCC(F)(F)F)c2ccccc21. The van der Waals surface area contributed by atoms with Crippen molar-refractivity contribution in [3.05, 3.63) is 35.4 Å². The second-order valence-electron chi connectivity index (χ2n) is 4.02. The summed E-state index contributed by atoms with van der Waals surface area (Å²) in [6, 6.07) is 6.92. The lowest BCUT2D eigenvalue weighted by atomic mass is 10.1. The minimum Gasteiger partial charge on any atom is -0.324 e. The maximum Gasteiger partial charge on any atom is 0.401 e. The molecular weight excluding hydrogens is 217 g/mol.